The van der Waals surface area contributed by atoms with Crippen molar-refractivity contribution in [1.82, 2.24) is 4.31 Å². The molecule has 176 valence electrons. The number of hydrogen-bond acceptors (Lipinski definition) is 3. The minimum absolute atomic E-state index is 0.0764. The minimum atomic E-state index is -4.84. The second-order valence-corrected chi connectivity index (χ2v) is 16.6. The zero-order valence-corrected chi connectivity index (χ0v) is 23.6. The van der Waals surface area contributed by atoms with Gasteiger partial charge in [0.05, 0.1) is 0 Å². The Labute approximate surface area is 201 Å². The fourth-order valence-corrected chi connectivity index (χ4v) is 13.6. The quantitative estimate of drug-likeness (QED) is 0.482. The van der Waals surface area contributed by atoms with Gasteiger partial charge in [-0.2, -0.15) is 0 Å². The summed E-state index contributed by atoms with van der Waals surface area (Å²) in [5.41, 5.74) is 5.99. The van der Waals surface area contributed by atoms with Crippen LogP contribution in [0.1, 0.15) is 33.4 Å². The first-order valence-electron chi connectivity index (χ1n) is 10.9. The second kappa shape index (κ2) is 9.24. The van der Waals surface area contributed by atoms with Crippen LogP contribution in [-0.2, 0) is 10.0 Å². The van der Waals surface area contributed by atoms with Gasteiger partial charge in [0, 0.05) is 0 Å². The van der Waals surface area contributed by atoms with Crippen LogP contribution in [0.4, 0.5) is 9.19 Å². The zero-order chi connectivity index (χ0) is 24.7. The fourth-order valence-electron chi connectivity index (χ4n) is 4.87. The Morgan fingerprint density at radius 1 is 0.758 bits per heavy atom. The van der Waals surface area contributed by atoms with Crippen molar-refractivity contribution in [2.24, 2.45) is 0 Å². The third kappa shape index (κ3) is 4.74. The number of aryl methyl sites for hydroxylation is 6. The molecule has 0 saturated heterocycles. The number of hydrogen-bond donors (Lipinski definition) is 1. The van der Waals surface area contributed by atoms with Crippen molar-refractivity contribution >= 4 is 38.5 Å². The first-order chi connectivity index (χ1) is 15.3. The van der Waals surface area contributed by atoms with Crippen molar-refractivity contribution in [3.63, 3.8) is 0 Å². The van der Waals surface area contributed by atoms with E-state index in [0.717, 1.165) is 37.7 Å². The van der Waals surface area contributed by atoms with E-state index >= 15 is 3.50 Å². The van der Waals surface area contributed by atoms with Crippen molar-refractivity contribution < 1.29 is 11.9 Å². The predicted octanol–water partition coefficient (Wildman–Crippen LogP) is 4.43. The molecule has 3 aromatic rings. The Morgan fingerprint density at radius 2 is 1.15 bits per heavy atom. The van der Waals surface area contributed by atoms with Crippen molar-refractivity contribution in [3.05, 3.63) is 81.9 Å². The van der Waals surface area contributed by atoms with Gasteiger partial charge < -0.3 is 0 Å². The third-order valence-electron chi connectivity index (χ3n) is 6.00. The summed E-state index contributed by atoms with van der Waals surface area (Å²) in [4.78, 5) is 0.0764. The molecular formula is C26H33FGeN2O2S. The van der Waals surface area contributed by atoms with Gasteiger partial charge in [-0.3, -0.25) is 0 Å². The molecule has 3 rings (SSSR count). The predicted molar refractivity (Wildman–Crippen MR) is 138 cm³/mol. The van der Waals surface area contributed by atoms with E-state index < -0.39 is 24.0 Å². The van der Waals surface area contributed by atoms with E-state index in [4.69, 9.17) is 0 Å². The number of nitrogens with zero attached hydrogens (tertiary/aromatic N) is 1. The molecule has 0 aliphatic rings. The van der Waals surface area contributed by atoms with Crippen molar-refractivity contribution in [2.75, 3.05) is 18.4 Å². The Morgan fingerprint density at radius 3 is 1.55 bits per heavy atom. The molecule has 0 fully saturated rings. The van der Waals surface area contributed by atoms with Crippen LogP contribution in [0.15, 0.2) is 53.4 Å². The molecule has 4 nitrogen and oxygen atoms in total. The van der Waals surface area contributed by atoms with Gasteiger partial charge in [-0.05, 0) is 0 Å². The van der Waals surface area contributed by atoms with E-state index in [-0.39, 0.29) is 4.90 Å². The SMILES string of the molecule is Cc1cc(C)[c]([Ge]([F])([NH]c2ccccc2S(=O)(=O)N(C)C)[c]2c(C)cc(C)cc2C)c(C)c1. The van der Waals surface area contributed by atoms with Gasteiger partial charge >= 0.3 is 201 Å². The number of rotatable bonds is 6. The van der Waals surface area contributed by atoms with Gasteiger partial charge in [-0.25, -0.2) is 0 Å². The molecule has 0 bridgehead atoms. The summed E-state index contributed by atoms with van der Waals surface area (Å²) in [6.45, 7) is 11.8. The van der Waals surface area contributed by atoms with Crippen LogP contribution in [0, 0.1) is 41.5 Å². The number of halogens is 1. The molecule has 0 amide bonds. The standard InChI is InChI=1S/C26H33FGeN2O2S/c1-17-13-19(3)25(20(4)14-17)28(27,26-21(5)15-18(2)16-22(26)6)29-23-11-9-10-12-24(23)33(31,32)30(7)8/h9-16,29H,1-8H3. The summed E-state index contributed by atoms with van der Waals surface area (Å²) in [7, 11) is -0.794. The molecule has 0 aliphatic heterocycles. The van der Waals surface area contributed by atoms with Crippen molar-refractivity contribution in [2.45, 2.75) is 46.4 Å². The molecule has 3 aromatic carbocycles. The van der Waals surface area contributed by atoms with Crippen LogP contribution >= 0.6 is 0 Å². The monoisotopic (exact) mass is 530 g/mol. The second-order valence-electron chi connectivity index (χ2n) is 9.11. The normalized spacial score (nSPS) is 12.3. The number of para-hydroxylation sites is 1. The number of nitrogens with one attached hydrogen (secondary N) is 1. The van der Waals surface area contributed by atoms with Gasteiger partial charge in [0.2, 0.25) is 0 Å². The molecule has 0 spiro atoms. The van der Waals surface area contributed by atoms with Gasteiger partial charge in [-0.15, -0.1) is 0 Å². The Balaban J connectivity index is 2.38. The molecule has 7 heteroatoms. The maximum absolute atomic E-state index is 17.9. The van der Waals surface area contributed by atoms with Crippen LogP contribution in [0.5, 0.6) is 0 Å². The number of sulfonamides is 1. The maximum atomic E-state index is 17.9. The summed E-state index contributed by atoms with van der Waals surface area (Å²) in [6, 6.07) is 14.6. The van der Waals surface area contributed by atoms with E-state index in [9.17, 15) is 8.42 Å². The zero-order valence-electron chi connectivity index (χ0n) is 20.7. The molecule has 0 aromatic heterocycles. The van der Waals surface area contributed by atoms with E-state index in [0.29, 0.717) is 14.5 Å². The van der Waals surface area contributed by atoms with E-state index in [1.54, 1.807) is 18.2 Å². The molecule has 0 aliphatic carbocycles. The summed E-state index contributed by atoms with van der Waals surface area (Å²) in [5.74, 6) is 0. The average Bonchev–Trinajstić information content (AvgIpc) is 2.66. The molecule has 33 heavy (non-hydrogen) atoms. The molecule has 0 radical (unpaired) electrons. The Bertz CT molecular complexity index is 1220. The van der Waals surface area contributed by atoms with Gasteiger partial charge in [0.25, 0.3) is 0 Å². The van der Waals surface area contributed by atoms with Crippen molar-refractivity contribution in [3.8, 4) is 0 Å². The fraction of sp³-hybridized carbons (Fsp3) is 0.308. The first-order valence-corrected chi connectivity index (χ1v) is 16.3. The third-order valence-corrected chi connectivity index (χ3v) is 15.4. The van der Waals surface area contributed by atoms with E-state index in [1.807, 2.05) is 65.8 Å². The molecule has 0 heterocycles. The summed E-state index contributed by atoms with van der Waals surface area (Å²) < 4.78 is 49.8. The van der Waals surface area contributed by atoms with Crippen LogP contribution in [0.2, 0.25) is 0 Å². The summed E-state index contributed by atoms with van der Waals surface area (Å²) in [5, 5.41) is 0. The van der Waals surface area contributed by atoms with Crippen LogP contribution in [0.25, 0.3) is 0 Å². The molecule has 0 unspecified atom stereocenters. The summed E-state index contributed by atoms with van der Waals surface area (Å²) >= 11 is -4.84. The van der Waals surface area contributed by atoms with Gasteiger partial charge in [0.1, 0.15) is 0 Å². The van der Waals surface area contributed by atoms with Gasteiger partial charge in [0.15, 0.2) is 0 Å². The van der Waals surface area contributed by atoms with Crippen molar-refractivity contribution in [1.29, 1.82) is 0 Å². The Kier molecular flexibility index (Phi) is 7.13. The number of anilines is 1. The van der Waals surface area contributed by atoms with E-state index in [1.165, 1.54) is 20.2 Å². The Hall–Kier alpha value is -2.16. The molecule has 0 atom stereocenters. The molecule has 0 saturated carbocycles. The first kappa shape index (κ1) is 25.5. The topological polar surface area (TPSA) is 49.4 Å². The van der Waals surface area contributed by atoms with Gasteiger partial charge in [-0.1, -0.05) is 0 Å². The van der Waals surface area contributed by atoms with E-state index in [2.05, 4.69) is 4.27 Å². The van der Waals surface area contributed by atoms with Crippen LogP contribution < -0.4 is 13.1 Å². The van der Waals surface area contributed by atoms with Crippen LogP contribution in [0.3, 0.4) is 0 Å². The molecular weight excluding hydrogens is 496 g/mol. The molecule has 1 N–H and O–H groups in total. The average molecular weight is 529 g/mol. The summed E-state index contributed by atoms with van der Waals surface area (Å²) in [6.07, 6.45) is 0. The number of benzene rings is 3. The van der Waals surface area contributed by atoms with Crippen LogP contribution in [-0.4, -0.2) is 40.8 Å².